The molecule has 0 aliphatic rings. The first kappa shape index (κ1) is 12.1. The van der Waals surface area contributed by atoms with Crippen molar-refractivity contribution in [3.63, 3.8) is 0 Å². The molecular formula is C16H15ClN2. The van der Waals surface area contributed by atoms with Gasteiger partial charge in [-0.3, -0.25) is 0 Å². The van der Waals surface area contributed by atoms with Gasteiger partial charge in [-0.2, -0.15) is 0 Å². The Bertz CT molecular complexity index is 744. The Morgan fingerprint density at radius 2 is 1.89 bits per heavy atom. The first-order valence-corrected chi connectivity index (χ1v) is 6.62. The largest absolute Gasteiger partial charge is 0.398 e. The minimum absolute atomic E-state index is 0.609. The van der Waals surface area contributed by atoms with Crippen molar-refractivity contribution in [2.24, 2.45) is 0 Å². The Morgan fingerprint density at radius 1 is 1.11 bits per heavy atom. The van der Waals surface area contributed by atoms with Gasteiger partial charge in [0.1, 0.15) is 0 Å². The smallest absolute Gasteiger partial charge is 0.0635 e. The Morgan fingerprint density at radius 3 is 2.68 bits per heavy atom. The number of hydrogen-bond donors (Lipinski definition) is 1. The maximum absolute atomic E-state index is 5.96. The molecule has 1 aromatic heterocycles. The zero-order valence-corrected chi connectivity index (χ0v) is 11.5. The highest BCUT2D eigenvalue weighted by Crippen LogP contribution is 2.23. The van der Waals surface area contributed by atoms with Gasteiger partial charge in [0.25, 0.3) is 0 Å². The lowest BCUT2D eigenvalue weighted by molar-refractivity contribution is 0.805. The number of halogens is 1. The molecule has 0 unspecified atom stereocenters. The Kier molecular flexibility index (Phi) is 2.96. The highest BCUT2D eigenvalue weighted by molar-refractivity contribution is 6.33. The van der Waals surface area contributed by atoms with Crippen molar-refractivity contribution in [3.05, 3.63) is 64.8 Å². The summed E-state index contributed by atoms with van der Waals surface area (Å²) in [5.74, 6) is 0. The summed E-state index contributed by atoms with van der Waals surface area (Å²) in [4.78, 5) is 0. The lowest BCUT2D eigenvalue weighted by Crippen LogP contribution is -2.02. The van der Waals surface area contributed by atoms with Gasteiger partial charge in [0.15, 0.2) is 0 Å². The molecule has 0 aliphatic heterocycles. The number of anilines is 1. The summed E-state index contributed by atoms with van der Waals surface area (Å²) in [5, 5.41) is 1.87. The van der Waals surface area contributed by atoms with E-state index in [0.717, 1.165) is 12.1 Å². The second-order valence-electron chi connectivity index (χ2n) is 4.79. The van der Waals surface area contributed by atoms with E-state index in [4.69, 9.17) is 17.3 Å². The van der Waals surface area contributed by atoms with E-state index in [1.54, 1.807) is 0 Å². The highest BCUT2D eigenvalue weighted by Gasteiger charge is 2.06. The predicted molar refractivity (Wildman–Crippen MR) is 81.6 cm³/mol. The average Bonchev–Trinajstić information content (AvgIpc) is 2.71. The molecule has 0 aliphatic carbocycles. The number of para-hydroxylation sites is 1. The molecule has 0 bridgehead atoms. The summed E-state index contributed by atoms with van der Waals surface area (Å²) in [6.45, 7) is 2.93. The number of nitrogens with zero attached hydrogens (tertiary/aromatic N) is 1. The number of hydrogen-bond acceptors (Lipinski definition) is 1. The second kappa shape index (κ2) is 4.63. The minimum atomic E-state index is 0.609. The molecule has 2 N–H and O–H groups in total. The van der Waals surface area contributed by atoms with Gasteiger partial charge in [-0.15, -0.1) is 0 Å². The number of benzene rings is 2. The van der Waals surface area contributed by atoms with E-state index in [1.165, 1.54) is 16.6 Å². The number of rotatable bonds is 2. The summed E-state index contributed by atoms with van der Waals surface area (Å²) < 4.78 is 2.29. The molecule has 2 nitrogen and oxygen atoms in total. The van der Waals surface area contributed by atoms with E-state index in [0.29, 0.717) is 10.7 Å². The van der Waals surface area contributed by atoms with Crippen molar-refractivity contribution in [3.8, 4) is 0 Å². The fraction of sp³-hybridized carbons (Fsp3) is 0.125. The summed E-state index contributed by atoms with van der Waals surface area (Å²) >= 11 is 5.96. The Hall–Kier alpha value is -1.93. The third-order valence-corrected chi connectivity index (χ3v) is 3.76. The SMILES string of the molecule is Cc1cc2ccccc2n1Cc1ccc(Cl)c(N)c1. The van der Waals surface area contributed by atoms with Gasteiger partial charge >= 0.3 is 0 Å². The molecule has 3 heteroatoms. The fourth-order valence-electron chi connectivity index (χ4n) is 2.43. The van der Waals surface area contributed by atoms with Gasteiger partial charge in [-0.25, -0.2) is 0 Å². The zero-order valence-electron chi connectivity index (χ0n) is 10.7. The number of aryl methyl sites for hydroxylation is 1. The van der Waals surface area contributed by atoms with Crippen molar-refractivity contribution >= 4 is 28.2 Å². The zero-order chi connectivity index (χ0) is 13.4. The van der Waals surface area contributed by atoms with Crippen LogP contribution in [0.2, 0.25) is 5.02 Å². The van der Waals surface area contributed by atoms with Crippen LogP contribution in [0.25, 0.3) is 10.9 Å². The van der Waals surface area contributed by atoms with E-state index in [1.807, 2.05) is 18.2 Å². The van der Waals surface area contributed by atoms with Crippen molar-refractivity contribution in [2.75, 3.05) is 5.73 Å². The van der Waals surface area contributed by atoms with Crippen molar-refractivity contribution < 1.29 is 0 Å². The molecular weight excluding hydrogens is 256 g/mol. The van der Waals surface area contributed by atoms with E-state index in [-0.39, 0.29) is 0 Å². The summed E-state index contributed by atoms with van der Waals surface area (Å²) in [6.07, 6.45) is 0. The van der Waals surface area contributed by atoms with E-state index in [9.17, 15) is 0 Å². The van der Waals surface area contributed by atoms with Crippen LogP contribution < -0.4 is 5.73 Å². The second-order valence-corrected chi connectivity index (χ2v) is 5.19. The lowest BCUT2D eigenvalue weighted by Gasteiger charge is -2.09. The third-order valence-electron chi connectivity index (χ3n) is 3.42. The van der Waals surface area contributed by atoms with Gasteiger partial charge in [0.05, 0.1) is 10.7 Å². The molecule has 0 spiro atoms. The van der Waals surface area contributed by atoms with Gasteiger partial charge in [-0.05, 0) is 42.1 Å². The number of nitrogen functional groups attached to an aromatic ring is 1. The molecule has 0 saturated heterocycles. The summed E-state index contributed by atoms with van der Waals surface area (Å²) in [5.41, 5.74) is 10.1. The Balaban J connectivity index is 2.05. The first-order chi connectivity index (χ1) is 9.15. The monoisotopic (exact) mass is 270 g/mol. The van der Waals surface area contributed by atoms with Crippen LogP contribution in [0.1, 0.15) is 11.3 Å². The minimum Gasteiger partial charge on any atom is -0.398 e. The Labute approximate surface area is 117 Å². The molecule has 3 aromatic rings. The molecule has 0 atom stereocenters. The van der Waals surface area contributed by atoms with Crippen LogP contribution in [0.3, 0.4) is 0 Å². The van der Waals surface area contributed by atoms with Gasteiger partial charge in [0, 0.05) is 17.8 Å². The molecule has 3 rings (SSSR count). The van der Waals surface area contributed by atoms with Crippen LogP contribution in [0.15, 0.2) is 48.5 Å². The highest BCUT2D eigenvalue weighted by atomic mass is 35.5. The number of nitrogens with two attached hydrogens (primary N) is 1. The van der Waals surface area contributed by atoms with Gasteiger partial charge in [0.2, 0.25) is 0 Å². The molecule has 0 radical (unpaired) electrons. The maximum Gasteiger partial charge on any atom is 0.0635 e. The van der Waals surface area contributed by atoms with Gasteiger partial charge < -0.3 is 10.3 Å². The van der Waals surface area contributed by atoms with Crippen LogP contribution in [0.5, 0.6) is 0 Å². The quantitative estimate of drug-likeness (QED) is 0.694. The number of aromatic nitrogens is 1. The molecule has 19 heavy (non-hydrogen) atoms. The van der Waals surface area contributed by atoms with Crippen LogP contribution in [0.4, 0.5) is 5.69 Å². The van der Waals surface area contributed by atoms with Crippen molar-refractivity contribution in [1.29, 1.82) is 0 Å². The van der Waals surface area contributed by atoms with Crippen LogP contribution >= 0.6 is 11.6 Å². The summed E-state index contributed by atoms with van der Waals surface area (Å²) in [6, 6.07) is 16.4. The molecule has 2 aromatic carbocycles. The lowest BCUT2D eigenvalue weighted by atomic mass is 10.2. The number of fused-ring (bicyclic) bond motifs is 1. The molecule has 0 saturated carbocycles. The fourth-order valence-corrected chi connectivity index (χ4v) is 2.55. The maximum atomic E-state index is 5.96. The third kappa shape index (κ3) is 2.20. The van der Waals surface area contributed by atoms with Crippen molar-refractivity contribution in [2.45, 2.75) is 13.5 Å². The molecule has 0 fully saturated rings. The molecule has 1 heterocycles. The predicted octanol–water partition coefficient (Wildman–Crippen LogP) is 4.23. The summed E-state index contributed by atoms with van der Waals surface area (Å²) in [7, 11) is 0. The van der Waals surface area contributed by atoms with E-state index in [2.05, 4.69) is 41.8 Å². The van der Waals surface area contributed by atoms with E-state index < -0.39 is 0 Å². The van der Waals surface area contributed by atoms with Crippen molar-refractivity contribution in [1.82, 2.24) is 4.57 Å². The van der Waals surface area contributed by atoms with E-state index >= 15 is 0 Å². The first-order valence-electron chi connectivity index (χ1n) is 6.24. The normalized spacial score (nSPS) is 11.1. The standard InChI is InChI=1S/C16H15ClN2/c1-11-8-13-4-2-3-5-16(13)19(11)10-12-6-7-14(17)15(18)9-12/h2-9H,10,18H2,1H3. The van der Waals surface area contributed by atoms with Crippen LogP contribution in [0, 0.1) is 6.92 Å². The van der Waals surface area contributed by atoms with Crippen LogP contribution in [-0.2, 0) is 6.54 Å². The van der Waals surface area contributed by atoms with Crippen LogP contribution in [-0.4, -0.2) is 4.57 Å². The topological polar surface area (TPSA) is 30.9 Å². The van der Waals surface area contributed by atoms with Gasteiger partial charge in [-0.1, -0.05) is 35.9 Å². The molecule has 0 amide bonds. The average molecular weight is 271 g/mol. The molecule has 96 valence electrons.